The van der Waals surface area contributed by atoms with Gasteiger partial charge in [-0.05, 0) is 40.5 Å². The van der Waals surface area contributed by atoms with E-state index in [9.17, 15) is 19.5 Å². The first-order chi connectivity index (χ1) is 16.3. The third-order valence-electron chi connectivity index (χ3n) is 5.49. The Bertz CT molecular complexity index is 1220. The number of carbonyl (C=O) groups is 3. The molecule has 0 saturated carbocycles. The zero-order chi connectivity index (χ0) is 24.2. The fourth-order valence-corrected chi connectivity index (χ4v) is 4.42. The zero-order valence-corrected chi connectivity index (χ0v) is 19.4. The minimum Gasteiger partial charge on any atom is -0.479 e. The van der Waals surface area contributed by atoms with E-state index in [1.807, 2.05) is 36.4 Å². The van der Waals surface area contributed by atoms with Crippen molar-refractivity contribution in [2.45, 2.75) is 12.0 Å². The highest BCUT2D eigenvalue weighted by molar-refractivity contribution is 9.10. The number of fused-ring (bicyclic) bond motifs is 3. The molecule has 2 amide bonds. The van der Waals surface area contributed by atoms with Crippen molar-refractivity contribution in [2.24, 2.45) is 0 Å². The summed E-state index contributed by atoms with van der Waals surface area (Å²) >= 11 is 3.29. The van der Waals surface area contributed by atoms with Crippen LogP contribution in [0.25, 0.3) is 11.1 Å². The highest BCUT2D eigenvalue weighted by Gasteiger charge is 2.29. The number of hydrogen-bond donors (Lipinski definition) is 4. The van der Waals surface area contributed by atoms with Gasteiger partial charge in [0.15, 0.2) is 6.10 Å². The van der Waals surface area contributed by atoms with E-state index < -0.39 is 30.6 Å². The first-order valence-electron chi connectivity index (χ1n) is 10.4. The second-order valence-electron chi connectivity index (χ2n) is 7.74. The zero-order valence-electron chi connectivity index (χ0n) is 17.8. The van der Waals surface area contributed by atoms with Gasteiger partial charge in [-0.15, -0.1) is 0 Å². The maximum Gasteiger partial charge on any atom is 0.411 e. The predicted molar refractivity (Wildman–Crippen MR) is 129 cm³/mol. The van der Waals surface area contributed by atoms with Crippen molar-refractivity contribution in [2.75, 3.05) is 18.5 Å². The van der Waals surface area contributed by atoms with Crippen LogP contribution in [0.4, 0.5) is 10.5 Å². The van der Waals surface area contributed by atoms with Crippen LogP contribution in [0.3, 0.4) is 0 Å². The van der Waals surface area contributed by atoms with E-state index in [1.165, 1.54) is 12.1 Å². The number of anilines is 1. The van der Waals surface area contributed by atoms with E-state index in [1.54, 1.807) is 6.07 Å². The Morgan fingerprint density at radius 3 is 2.21 bits per heavy atom. The van der Waals surface area contributed by atoms with Gasteiger partial charge in [0.2, 0.25) is 0 Å². The Kier molecular flexibility index (Phi) is 6.95. The molecule has 1 atom stereocenters. The molecule has 0 heterocycles. The number of carboxylic acid groups (broad SMARTS) is 1. The normalized spacial score (nSPS) is 12.9. The smallest absolute Gasteiger partial charge is 0.411 e. The molecular weight excluding hydrogens is 504 g/mol. The van der Waals surface area contributed by atoms with Crippen molar-refractivity contribution in [3.8, 4) is 11.1 Å². The fourth-order valence-electron chi connectivity index (χ4n) is 3.92. The Balaban J connectivity index is 1.41. The van der Waals surface area contributed by atoms with Crippen molar-refractivity contribution >= 4 is 39.6 Å². The molecule has 4 N–H and O–H groups in total. The van der Waals surface area contributed by atoms with Crippen LogP contribution in [0.1, 0.15) is 27.4 Å². The van der Waals surface area contributed by atoms with Crippen molar-refractivity contribution in [3.63, 3.8) is 0 Å². The first-order valence-corrected chi connectivity index (χ1v) is 11.2. The van der Waals surface area contributed by atoms with Gasteiger partial charge >= 0.3 is 12.1 Å². The number of aliphatic hydroxyl groups excluding tert-OH is 1. The average molecular weight is 525 g/mol. The van der Waals surface area contributed by atoms with Crippen LogP contribution >= 0.6 is 15.9 Å². The molecule has 0 aromatic heterocycles. The average Bonchev–Trinajstić information content (AvgIpc) is 3.14. The van der Waals surface area contributed by atoms with Gasteiger partial charge in [0.1, 0.15) is 6.61 Å². The number of ether oxygens (including phenoxy) is 1. The molecule has 1 aliphatic carbocycles. The van der Waals surface area contributed by atoms with Gasteiger partial charge in [0.05, 0.1) is 6.54 Å². The molecule has 3 aromatic carbocycles. The Hall–Kier alpha value is -3.69. The second kappa shape index (κ2) is 10.1. The van der Waals surface area contributed by atoms with Crippen LogP contribution in [0.2, 0.25) is 0 Å². The van der Waals surface area contributed by atoms with Gasteiger partial charge < -0.3 is 20.3 Å². The Morgan fingerprint density at radius 1 is 0.971 bits per heavy atom. The van der Waals surface area contributed by atoms with Crippen LogP contribution in [-0.4, -0.2) is 47.4 Å². The molecule has 34 heavy (non-hydrogen) atoms. The third kappa shape index (κ3) is 5.11. The lowest BCUT2D eigenvalue weighted by molar-refractivity contribution is -0.146. The van der Waals surface area contributed by atoms with E-state index in [-0.39, 0.29) is 18.1 Å². The van der Waals surface area contributed by atoms with Gasteiger partial charge in [0.25, 0.3) is 5.91 Å². The molecule has 0 radical (unpaired) electrons. The van der Waals surface area contributed by atoms with E-state index in [0.717, 1.165) is 22.3 Å². The highest BCUT2D eigenvalue weighted by Crippen LogP contribution is 2.44. The summed E-state index contributed by atoms with van der Waals surface area (Å²) in [4.78, 5) is 35.5. The summed E-state index contributed by atoms with van der Waals surface area (Å²) in [7, 11) is 0. The molecule has 4 rings (SSSR count). The monoisotopic (exact) mass is 524 g/mol. The van der Waals surface area contributed by atoms with Crippen molar-refractivity contribution in [3.05, 3.63) is 87.9 Å². The molecule has 8 nitrogen and oxygen atoms in total. The molecule has 9 heteroatoms. The molecule has 1 unspecified atom stereocenters. The molecule has 0 saturated heterocycles. The summed E-state index contributed by atoms with van der Waals surface area (Å²) in [5, 5.41) is 23.0. The van der Waals surface area contributed by atoms with Crippen molar-refractivity contribution in [1.29, 1.82) is 0 Å². The number of nitrogens with one attached hydrogen (secondary N) is 2. The number of rotatable bonds is 7. The molecule has 0 fully saturated rings. The Morgan fingerprint density at radius 2 is 1.59 bits per heavy atom. The molecule has 3 aromatic rings. The number of halogens is 1. The van der Waals surface area contributed by atoms with E-state index in [4.69, 9.17) is 9.84 Å². The number of benzene rings is 3. The fraction of sp³-hybridized carbons (Fsp3) is 0.160. The lowest BCUT2D eigenvalue weighted by atomic mass is 9.98. The minimum absolute atomic E-state index is 0.0809. The second-order valence-corrected chi connectivity index (χ2v) is 8.66. The van der Waals surface area contributed by atoms with Crippen LogP contribution in [0, 0.1) is 0 Å². The summed E-state index contributed by atoms with van der Waals surface area (Å²) in [6.07, 6.45) is -2.39. The summed E-state index contributed by atoms with van der Waals surface area (Å²) in [6.45, 7) is -0.301. The maximum absolute atomic E-state index is 12.5. The predicted octanol–water partition coefficient (Wildman–Crippen LogP) is 3.99. The van der Waals surface area contributed by atoms with Crippen molar-refractivity contribution < 1.29 is 29.3 Å². The summed E-state index contributed by atoms with van der Waals surface area (Å²) in [6, 6.07) is 20.6. The lowest BCUT2D eigenvalue weighted by Crippen LogP contribution is -2.36. The van der Waals surface area contributed by atoms with Gasteiger partial charge in [-0.3, -0.25) is 10.1 Å². The number of amides is 2. The molecule has 174 valence electrons. The van der Waals surface area contributed by atoms with E-state index in [0.29, 0.717) is 10.2 Å². The number of aliphatic hydroxyl groups is 1. The minimum atomic E-state index is -1.71. The Labute approximate surface area is 203 Å². The number of hydrogen-bond acceptors (Lipinski definition) is 5. The largest absolute Gasteiger partial charge is 0.479 e. The van der Waals surface area contributed by atoms with Crippen LogP contribution in [0.5, 0.6) is 0 Å². The van der Waals surface area contributed by atoms with Gasteiger partial charge in [-0.1, -0.05) is 64.5 Å². The summed E-state index contributed by atoms with van der Waals surface area (Å²) < 4.78 is 6.05. The van der Waals surface area contributed by atoms with Gasteiger partial charge in [-0.2, -0.15) is 0 Å². The SMILES string of the molecule is O=C(Nc1cc(Br)cc(C(=O)NCC(O)C(=O)O)c1)OCC1c2ccccc2-c2ccccc21. The topological polar surface area (TPSA) is 125 Å². The quantitative estimate of drug-likeness (QED) is 0.370. The van der Waals surface area contributed by atoms with Crippen LogP contribution in [0.15, 0.2) is 71.2 Å². The van der Waals surface area contributed by atoms with Gasteiger partial charge in [0, 0.05) is 21.6 Å². The lowest BCUT2D eigenvalue weighted by Gasteiger charge is -2.15. The maximum atomic E-state index is 12.5. The number of aliphatic carboxylic acids is 1. The van der Waals surface area contributed by atoms with E-state index >= 15 is 0 Å². The third-order valence-corrected chi connectivity index (χ3v) is 5.95. The molecule has 0 aliphatic heterocycles. The standard InChI is InChI=1S/C25H21BrN2O6/c26-15-9-14(23(30)27-12-22(29)24(31)32)10-16(11-15)28-25(33)34-13-21-19-7-3-1-5-17(19)18-6-2-4-8-20(18)21/h1-11,21-22,29H,12-13H2,(H,27,30)(H,28,33)(H,31,32). The summed E-state index contributed by atoms with van der Waals surface area (Å²) in [5.41, 5.74) is 4.94. The highest BCUT2D eigenvalue weighted by atomic mass is 79.9. The van der Waals surface area contributed by atoms with Crippen LogP contribution in [-0.2, 0) is 9.53 Å². The molecule has 1 aliphatic rings. The number of carbonyl (C=O) groups excluding carboxylic acids is 2. The van der Waals surface area contributed by atoms with Crippen LogP contribution < -0.4 is 10.6 Å². The van der Waals surface area contributed by atoms with E-state index in [2.05, 4.69) is 38.7 Å². The molecule has 0 bridgehead atoms. The number of carboxylic acids is 1. The summed E-state index contributed by atoms with van der Waals surface area (Å²) in [5.74, 6) is -2.12. The molecule has 0 spiro atoms. The first kappa shape index (κ1) is 23.5. The van der Waals surface area contributed by atoms with Gasteiger partial charge in [-0.25, -0.2) is 9.59 Å². The van der Waals surface area contributed by atoms with Crippen molar-refractivity contribution in [1.82, 2.24) is 5.32 Å². The molecular formula is C25H21BrN2O6.